The largest absolute Gasteiger partial charge is 0.467 e. The zero-order valence-corrected chi connectivity index (χ0v) is 20.8. The SMILES string of the molecule is COC(=O)[C@@H]1C[C@@H](NC(=O)C2CC=C(Cl)S2)CN1C(=O)c1cc2c(s1)CCN(C)CC2C. The number of amides is 2. The Morgan fingerprint density at radius 1 is 1.28 bits per heavy atom. The molecule has 1 saturated heterocycles. The number of rotatable bonds is 4. The second-order valence-electron chi connectivity index (χ2n) is 8.69. The Morgan fingerprint density at radius 3 is 2.75 bits per heavy atom. The molecular weight excluding hydrogens is 470 g/mol. The van der Waals surface area contributed by atoms with Gasteiger partial charge in [0.25, 0.3) is 5.91 Å². The highest BCUT2D eigenvalue weighted by Crippen LogP contribution is 2.36. The van der Waals surface area contributed by atoms with Crippen molar-refractivity contribution in [2.45, 2.75) is 49.4 Å². The maximum atomic E-state index is 13.5. The maximum Gasteiger partial charge on any atom is 0.328 e. The molecule has 1 fully saturated rings. The molecule has 1 N–H and O–H groups in total. The monoisotopic (exact) mass is 497 g/mol. The molecule has 32 heavy (non-hydrogen) atoms. The number of methoxy groups -OCH3 is 1. The summed E-state index contributed by atoms with van der Waals surface area (Å²) in [4.78, 5) is 44.3. The van der Waals surface area contributed by atoms with Crippen LogP contribution in [0.25, 0.3) is 0 Å². The third-order valence-electron chi connectivity index (χ3n) is 6.31. The number of allylic oxidation sites excluding steroid dienone is 1. The van der Waals surface area contributed by atoms with Crippen LogP contribution in [0.3, 0.4) is 0 Å². The molecule has 4 atom stereocenters. The van der Waals surface area contributed by atoms with E-state index in [9.17, 15) is 14.4 Å². The fourth-order valence-electron chi connectivity index (χ4n) is 4.66. The molecule has 4 rings (SSSR count). The predicted octanol–water partition coefficient (Wildman–Crippen LogP) is 2.80. The van der Waals surface area contributed by atoms with Crippen LogP contribution in [-0.2, 0) is 20.7 Å². The fraction of sp³-hybridized carbons (Fsp3) is 0.591. The van der Waals surface area contributed by atoms with Gasteiger partial charge < -0.3 is 19.9 Å². The van der Waals surface area contributed by atoms with Crippen LogP contribution in [-0.4, -0.2) is 78.7 Å². The molecule has 1 aromatic heterocycles. The second-order valence-corrected chi connectivity index (χ2v) is 11.7. The number of fused-ring (bicyclic) bond motifs is 1. The Labute approximate surface area is 201 Å². The van der Waals surface area contributed by atoms with Gasteiger partial charge in [0, 0.05) is 37.0 Å². The number of nitrogens with one attached hydrogen (secondary N) is 1. The van der Waals surface area contributed by atoms with Gasteiger partial charge in [-0.05, 0) is 37.4 Å². The van der Waals surface area contributed by atoms with Crippen molar-refractivity contribution in [2.75, 3.05) is 33.8 Å². The van der Waals surface area contributed by atoms with Crippen LogP contribution in [0.15, 0.2) is 16.5 Å². The van der Waals surface area contributed by atoms with E-state index < -0.39 is 12.0 Å². The van der Waals surface area contributed by atoms with Crippen molar-refractivity contribution in [3.05, 3.63) is 31.8 Å². The number of likely N-dealkylation sites (N-methyl/N-ethyl adjacent to an activating group) is 1. The van der Waals surface area contributed by atoms with E-state index in [1.807, 2.05) is 12.1 Å². The smallest absolute Gasteiger partial charge is 0.328 e. The average Bonchev–Trinajstić information content (AvgIpc) is 3.47. The fourth-order valence-corrected chi connectivity index (χ4v) is 7.13. The van der Waals surface area contributed by atoms with Crippen molar-refractivity contribution in [3.63, 3.8) is 0 Å². The number of hydrogen-bond acceptors (Lipinski definition) is 7. The van der Waals surface area contributed by atoms with Crippen LogP contribution in [0, 0.1) is 0 Å². The number of halogens is 1. The molecule has 174 valence electrons. The van der Waals surface area contributed by atoms with E-state index in [4.69, 9.17) is 16.3 Å². The normalized spacial score (nSPS) is 28.1. The molecule has 0 radical (unpaired) electrons. The highest BCUT2D eigenvalue weighted by Gasteiger charge is 2.42. The third-order valence-corrected chi connectivity index (χ3v) is 9.01. The molecule has 1 aromatic rings. The number of carbonyl (C=O) groups excluding carboxylic acids is 3. The molecule has 2 amide bonds. The van der Waals surface area contributed by atoms with Crippen molar-refractivity contribution >= 4 is 52.5 Å². The number of likely N-dealkylation sites (tertiary alicyclic amines) is 1. The number of hydrogen-bond donors (Lipinski definition) is 1. The van der Waals surface area contributed by atoms with Gasteiger partial charge in [0.15, 0.2) is 0 Å². The number of esters is 1. The van der Waals surface area contributed by atoms with Crippen LogP contribution >= 0.6 is 34.7 Å². The molecule has 0 spiro atoms. The van der Waals surface area contributed by atoms with Crippen molar-refractivity contribution < 1.29 is 19.1 Å². The van der Waals surface area contributed by atoms with Crippen LogP contribution in [0.2, 0.25) is 0 Å². The third kappa shape index (κ3) is 4.85. The van der Waals surface area contributed by atoms with Gasteiger partial charge in [-0.15, -0.1) is 23.1 Å². The first kappa shape index (κ1) is 23.6. The molecule has 10 heteroatoms. The summed E-state index contributed by atoms with van der Waals surface area (Å²) in [5.41, 5.74) is 1.23. The van der Waals surface area contributed by atoms with Crippen molar-refractivity contribution in [1.82, 2.24) is 15.1 Å². The molecule has 3 aliphatic rings. The minimum atomic E-state index is -0.707. The standard InChI is InChI=1S/C22H28ClN3O4S2/c1-12-10-25(2)7-6-16-14(12)9-18(31-16)21(28)26-11-13(8-15(26)22(29)30-3)24-20(27)17-4-5-19(23)32-17/h5,9,12-13,15,17H,4,6-8,10-11H2,1-3H3,(H,24,27)/t12?,13-,15+,17?/m1/s1. The minimum Gasteiger partial charge on any atom is -0.467 e. The molecule has 2 unspecified atom stereocenters. The topological polar surface area (TPSA) is 79.0 Å². The second kappa shape index (κ2) is 9.75. The van der Waals surface area contributed by atoms with E-state index in [0.29, 0.717) is 28.0 Å². The first-order valence-electron chi connectivity index (χ1n) is 10.8. The van der Waals surface area contributed by atoms with Gasteiger partial charge >= 0.3 is 5.97 Å². The summed E-state index contributed by atoms with van der Waals surface area (Å²) in [6.07, 6.45) is 3.68. The van der Waals surface area contributed by atoms with Gasteiger partial charge in [-0.1, -0.05) is 24.6 Å². The van der Waals surface area contributed by atoms with Gasteiger partial charge in [-0.2, -0.15) is 0 Å². The lowest BCUT2D eigenvalue weighted by Gasteiger charge is -2.22. The summed E-state index contributed by atoms with van der Waals surface area (Å²) >= 11 is 8.84. The van der Waals surface area contributed by atoms with Gasteiger partial charge in [0.1, 0.15) is 6.04 Å². The summed E-state index contributed by atoms with van der Waals surface area (Å²) < 4.78 is 5.59. The maximum absolute atomic E-state index is 13.5. The Bertz CT molecular complexity index is 950. The number of ether oxygens (including phenoxy) is 1. The van der Waals surface area contributed by atoms with Gasteiger partial charge in [-0.25, -0.2) is 4.79 Å². The molecule has 0 aromatic carbocycles. The van der Waals surface area contributed by atoms with E-state index >= 15 is 0 Å². The summed E-state index contributed by atoms with van der Waals surface area (Å²) in [6, 6.07) is 0.983. The zero-order chi connectivity index (χ0) is 23.0. The lowest BCUT2D eigenvalue weighted by Crippen LogP contribution is -2.42. The Kier molecular flexibility index (Phi) is 7.19. The van der Waals surface area contributed by atoms with Crippen LogP contribution in [0.1, 0.15) is 45.8 Å². The zero-order valence-electron chi connectivity index (χ0n) is 18.4. The lowest BCUT2D eigenvalue weighted by atomic mass is 10.0. The summed E-state index contributed by atoms with van der Waals surface area (Å²) in [5.74, 6) is -0.397. The van der Waals surface area contributed by atoms with Crippen LogP contribution in [0.5, 0.6) is 0 Å². The van der Waals surface area contributed by atoms with Crippen molar-refractivity contribution in [1.29, 1.82) is 0 Å². The van der Waals surface area contributed by atoms with E-state index in [-0.39, 0.29) is 29.7 Å². The Morgan fingerprint density at radius 2 is 2.06 bits per heavy atom. The van der Waals surface area contributed by atoms with E-state index in [2.05, 4.69) is 24.2 Å². The van der Waals surface area contributed by atoms with E-state index in [0.717, 1.165) is 19.5 Å². The molecule has 7 nitrogen and oxygen atoms in total. The minimum absolute atomic E-state index is 0.120. The number of thiophene rings is 1. The number of nitrogens with zero attached hydrogens (tertiary/aromatic N) is 2. The van der Waals surface area contributed by atoms with Crippen molar-refractivity contribution in [3.8, 4) is 0 Å². The van der Waals surface area contributed by atoms with E-state index in [1.54, 1.807) is 4.90 Å². The molecule has 4 heterocycles. The quantitative estimate of drug-likeness (QED) is 0.644. The molecule has 0 aliphatic carbocycles. The number of thioether (sulfide) groups is 1. The van der Waals surface area contributed by atoms with Crippen molar-refractivity contribution in [2.24, 2.45) is 0 Å². The Hall–Kier alpha value is -1.55. The highest BCUT2D eigenvalue weighted by molar-refractivity contribution is 8.06. The number of carbonyl (C=O) groups is 3. The lowest BCUT2D eigenvalue weighted by molar-refractivity contribution is -0.145. The first-order valence-corrected chi connectivity index (χ1v) is 12.9. The summed E-state index contributed by atoms with van der Waals surface area (Å²) in [7, 11) is 3.44. The van der Waals surface area contributed by atoms with Gasteiger partial charge in [-0.3, -0.25) is 9.59 Å². The molecule has 0 saturated carbocycles. The summed E-state index contributed by atoms with van der Waals surface area (Å²) in [6.45, 7) is 4.39. The van der Waals surface area contributed by atoms with Crippen LogP contribution < -0.4 is 5.32 Å². The molecule has 0 bridgehead atoms. The van der Waals surface area contributed by atoms with Crippen LogP contribution in [0.4, 0.5) is 0 Å². The average molecular weight is 498 g/mol. The molecular formula is C22H28ClN3O4S2. The predicted molar refractivity (Wildman–Crippen MR) is 127 cm³/mol. The van der Waals surface area contributed by atoms with E-state index in [1.165, 1.54) is 40.6 Å². The molecule has 3 aliphatic heterocycles. The van der Waals surface area contributed by atoms with Gasteiger partial charge in [0.05, 0.1) is 21.6 Å². The highest BCUT2D eigenvalue weighted by atomic mass is 35.5. The van der Waals surface area contributed by atoms with Gasteiger partial charge in [0.2, 0.25) is 5.91 Å². The first-order chi connectivity index (χ1) is 15.3. The Balaban J connectivity index is 1.49. The summed E-state index contributed by atoms with van der Waals surface area (Å²) in [5, 5.41) is 2.73.